The summed E-state index contributed by atoms with van der Waals surface area (Å²) in [6.45, 7) is 4.29. The third kappa shape index (κ3) is 9.25. The van der Waals surface area contributed by atoms with Gasteiger partial charge in [0.05, 0.1) is 0 Å². The average molecular weight is 213 g/mol. The van der Waals surface area contributed by atoms with Crippen molar-refractivity contribution in [3.63, 3.8) is 0 Å². The van der Waals surface area contributed by atoms with Gasteiger partial charge in [-0.15, -0.1) is 0 Å². The van der Waals surface area contributed by atoms with Gasteiger partial charge in [-0.3, -0.25) is 0 Å². The fourth-order valence-electron chi connectivity index (χ4n) is 1.42. The topological polar surface area (TPSA) is 67.5 Å². The molecule has 4 heteroatoms. The predicted octanol–water partition coefficient (Wildman–Crippen LogP) is 2.78. The Kier molecular flexibility index (Phi) is 8.82. The third-order valence-electron chi connectivity index (χ3n) is 2.18. The molecule has 4 nitrogen and oxygen atoms in total. The molecule has 0 atom stereocenters. The molecule has 3 N–H and O–H groups in total. The summed E-state index contributed by atoms with van der Waals surface area (Å²) in [7, 11) is 0. The Balaban J connectivity index is 3.81. The zero-order valence-corrected chi connectivity index (χ0v) is 9.88. The van der Waals surface area contributed by atoms with Gasteiger partial charge in [0.25, 0.3) is 0 Å². The first kappa shape index (κ1) is 13.9. The van der Waals surface area contributed by atoms with Crippen molar-refractivity contribution in [3.05, 3.63) is 0 Å². The van der Waals surface area contributed by atoms with E-state index in [1.165, 1.54) is 19.3 Å². The van der Waals surface area contributed by atoms with Gasteiger partial charge in [0.15, 0.2) is 0 Å². The summed E-state index contributed by atoms with van der Waals surface area (Å²) in [5, 5.41) is 4.00. The molecular formula is C11H23N3O. The van der Waals surface area contributed by atoms with E-state index >= 15 is 0 Å². The Morgan fingerprint density at radius 2 is 1.87 bits per heavy atom. The second kappa shape index (κ2) is 9.49. The number of amides is 2. The van der Waals surface area contributed by atoms with Gasteiger partial charge in [-0.1, -0.05) is 39.5 Å². The smallest absolute Gasteiger partial charge is 0.332 e. The van der Waals surface area contributed by atoms with Crippen LogP contribution in [0.2, 0.25) is 0 Å². The lowest BCUT2D eigenvalue weighted by molar-refractivity contribution is 0.249. The van der Waals surface area contributed by atoms with Gasteiger partial charge in [0.2, 0.25) is 0 Å². The van der Waals surface area contributed by atoms with Gasteiger partial charge >= 0.3 is 6.03 Å². The van der Waals surface area contributed by atoms with Crippen LogP contribution in [0.15, 0.2) is 5.10 Å². The SMILES string of the molecule is CCCCCCC(CCC)=NNC(N)=O. The van der Waals surface area contributed by atoms with Crippen LogP contribution in [0.5, 0.6) is 0 Å². The molecule has 0 radical (unpaired) electrons. The van der Waals surface area contributed by atoms with Gasteiger partial charge in [-0.2, -0.15) is 5.10 Å². The molecule has 0 rings (SSSR count). The Morgan fingerprint density at radius 3 is 2.40 bits per heavy atom. The van der Waals surface area contributed by atoms with Crippen molar-refractivity contribution in [2.75, 3.05) is 0 Å². The van der Waals surface area contributed by atoms with E-state index in [-0.39, 0.29) is 0 Å². The summed E-state index contributed by atoms with van der Waals surface area (Å²) in [5.74, 6) is 0. The molecule has 0 fully saturated rings. The molecule has 0 unspecified atom stereocenters. The van der Waals surface area contributed by atoms with E-state index in [2.05, 4.69) is 24.4 Å². The molecule has 0 aromatic rings. The maximum absolute atomic E-state index is 10.5. The highest BCUT2D eigenvalue weighted by molar-refractivity contribution is 5.85. The predicted molar refractivity (Wildman–Crippen MR) is 63.8 cm³/mol. The molecular weight excluding hydrogens is 190 g/mol. The highest BCUT2D eigenvalue weighted by Gasteiger charge is 1.99. The van der Waals surface area contributed by atoms with Crippen molar-refractivity contribution in [2.45, 2.75) is 58.8 Å². The Bertz CT molecular complexity index is 202. The molecule has 0 saturated heterocycles. The van der Waals surface area contributed by atoms with E-state index in [1.807, 2.05) is 0 Å². The number of unbranched alkanes of at least 4 members (excludes halogenated alkanes) is 3. The molecule has 88 valence electrons. The van der Waals surface area contributed by atoms with Gasteiger partial charge in [-0.25, -0.2) is 10.2 Å². The summed E-state index contributed by atoms with van der Waals surface area (Å²) in [5.41, 5.74) is 8.30. The number of hydrogen-bond donors (Lipinski definition) is 2. The van der Waals surface area contributed by atoms with E-state index in [0.29, 0.717) is 0 Å². The first-order valence-electron chi connectivity index (χ1n) is 5.81. The van der Waals surface area contributed by atoms with Gasteiger partial charge < -0.3 is 5.73 Å². The van der Waals surface area contributed by atoms with Crippen LogP contribution < -0.4 is 11.2 Å². The van der Waals surface area contributed by atoms with Crippen LogP contribution >= 0.6 is 0 Å². The molecule has 0 aliphatic rings. The third-order valence-corrected chi connectivity index (χ3v) is 2.18. The number of hydrazone groups is 1. The van der Waals surface area contributed by atoms with E-state index in [9.17, 15) is 4.79 Å². The Hall–Kier alpha value is -1.06. The molecule has 0 aromatic carbocycles. The number of carbonyl (C=O) groups is 1. The summed E-state index contributed by atoms with van der Waals surface area (Å²) < 4.78 is 0. The molecule has 2 amide bonds. The summed E-state index contributed by atoms with van der Waals surface area (Å²) in [4.78, 5) is 10.5. The van der Waals surface area contributed by atoms with E-state index in [4.69, 9.17) is 5.73 Å². The number of urea groups is 1. The van der Waals surface area contributed by atoms with Gasteiger partial charge in [0.1, 0.15) is 0 Å². The average Bonchev–Trinajstić information content (AvgIpc) is 2.20. The van der Waals surface area contributed by atoms with Gasteiger partial charge in [-0.05, 0) is 19.3 Å². The number of nitrogens with zero attached hydrogens (tertiary/aromatic N) is 1. The minimum Gasteiger partial charge on any atom is -0.350 e. The molecule has 0 heterocycles. The Morgan fingerprint density at radius 1 is 1.13 bits per heavy atom. The molecule has 0 aliphatic carbocycles. The van der Waals surface area contributed by atoms with Crippen LogP contribution in [0, 0.1) is 0 Å². The highest BCUT2D eigenvalue weighted by atomic mass is 16.2. The molecule has 0 bridgehead atoms. The maximum atomic E-state index is 10.5. The minimum absolute atomic E-state index is 0.586. The van der Waals surface area contributed by atoms with Crippen molar-refractivity contribution in [1.29, 1.82) is 0 Å². The number of nitrogens with one attached hydrogen (secondary N) is 1. The van der Waals surface area contributed by atoms with Crippen molar-refractivity contribution in [2.24, 2.45) is 10.8 Å². The molecule has 0 saturated carbocycles. The fraction of sp³-hybridized carbons (Fsp3) is 0.818. The number of primary amides is 1. The van der Waals surface area contributed by atoms with Crippen molar-refractivity contribution in [3.8, 4) is 0 Å². The molecule has 0 aromatic heterocycles. The van der Waals surface area contributed by atoms with Crippen LogP contribution in [0.25, 0.3) is 0 Å². The lowest BCUT2D eigenvalue weighted by Gasteiger charge is -2.04. The zero-order chi connectivity index (χ0) is 11.5. The quantitative estimate of drug-likeness (QED) is 0.363. The summed E-state index contributed by atoms with van der Waals surface area (Å²) in [6, 6.07) is -0.586. The van der Waals surface area contributed by atoms with Crippen LogP contribution in [0.1, 0.15) is 58.8 Å². The van der Waals surface area contributed by atoms with Crippen molar-refractivity contribution >= 4 is 11.7 Å². The second-order valence-electron chi connectivity index (χ2n) is 3.71. The zero-order valence-electron chi connectivity index (χ0n) is 9.88. The fourth-order valence-corrected chi connectivity index (χ4v) is 1.42. The first-order chi connectivity index (χ1) is 7.20. The van der Waals surface area contributed by atoms with Crippen molar-refractivity contribution in [1.82, 2.24) is 5.43 Å². The molecule has 0 spiro atoms. The van der Waals surface area contributed by atoms with Crippen LogP contribution in [-0.4, -0.2) is 11.7 Å². The largest absolute Gasteiger partial charge is 0.350 e. The first-order valence-corrected chi connectivity index (χ1v) is 5.81. The van der Waals surface area contributed by atoms with Crippen LogP contribution in [0.3, 0.4) is 0 Å². The van der Waals surface area contributed by atoms with Crippen molar-refractivity contribution < 1.29 is 4.79 Å². The highest BCUT2D eigenvalue weighted by Crippen LogP contribution is 2.06. The number of rotatable bonds is 8. The van der Waals surface area contributed by atoms with E-state index in [1.54, 1.807) is 0 Å². The van der Waals surface area contributed by atoms with E-state index < -0.39 is 6.03 Å². The maximum Gasteiger partial charge on any atom is 0.332 e. The second-order valence-corrected chi connectivity index (χ2v) is 3.71. The Labute approximate surface area is 92.3 Å². The normalized spacial score (nSPS) is 11.5. The minimum atomic E-state index is -0.586. The van der Waals surface area contributed by atoms with Crippen LogP contribution in [-0.2, 0) is 0 Å². The van der Waals surface area contributed by atoms with E-state index in [0.717, 1.165) is 31.4 Å². The molecule has 0 aliphatic heterocycles. The summed E-state index contributed by atoms with van der Waals surface area (Å²) >= 11 is 0. The lowest BCUT2D eigenvalue weighted by Crippen LogP contribution is -2.25. The monoisotopic (exact) mass is 213 g/mol. The lowest BCUT2D eigenvalue weighted by atomic mass is 10.1. The number of carbonyl (C=O) groups excluding carboxylic acids is 1. The van der Waals surface area contributed by atoms with Crippen LogP contribution in [0.4, 0.5) is 4.79 Å². The number of nitrogens with two attached hydrogens (primary N) is 1. The number of hydrogen-bond acceptors (Lipinski definition) is 2. The van der Waals surface area contributed by atoms with Gasteiger partial charge in [0, 0.05) is 5.71 Å². The standard InChI is InChI=1S/C11H23N3O/c1-3-5-6-7-9-10(8-4-2)13-14-11(12)15/h3-9H2,1-2H3,(H3,12,14,15). The molecule has 15 heavy (non-hydrogen) atoms. The summed E-state index contributed by atoms with van der Waals surface area (Å²) in [6.07, 6.45) is 7.83.